The molecule has 0 aliphatic carbocycles. The van der Waals surface area contributed by atoms with Crippen LogP contribution < -0.4 is 33.2 Å². The second-order valence-corrected chi connectivity index (χ2v) is 16.7. The van der Waals surface area contributed by atoms with E-state index in [0.717, 1.165) is 26.8 Å². The standard InChI is InChI=1S/C47H56NO22P/c1-29(49)64-35-26-40(66-31(3)51)43-41(27-35)70-46(47(44(43)53)67-32(4)52)34-9-11-37-39(25-34)69-45(33-8-10-36(65-30(2)50)38(24-33)56-6)42(68-37)28-63-71(54,61-13-7-12-48)62-23-22-60-21-20-59-19-18-58-17-16-57-15-14-55-5/h8-11,24-27,42,45-47H,7,13-23,28H2,1-6H3/t42?,45?,46-,47+,71?/m1/s1. The van der Waals surface area contributed by atoms with Crippen molar-refractivity contribution in [2.24, 2.45) is 0 Å². The lowest BCUT2D eigenvalue weighted by molar-refractivity contribution is -0.149. The van der Waals surface area contributed by atoms with Gasteiger partial charge in [-0.15, -0.1) is 0 Å². The van der Waals surface area contributed by atoms with Crippen molar-refractivity contribution in [2.75, 3.05) is 93.5 Å². The molecule has 71 heavy (non-hydrogen) atoms. The first-order valence-corrected chi connectivity index (χ1v) is 23.6. The first-order chi connectivity index (χ1) is 34.1. The molecule has 0 fully saturated rings. The molecule has 386 valence electrons. The number of hydrogen-bond acceptors (Lipinski definition) is 23. The molecule has 3 unspecified atom stereocenters. The minimum absolute atomic E-state index is 0.0234. The van der Waals surface area contributed by atoms with E-state index < -0.39 is 68.5 Å². The number of Topliss-reactive ketones (excluding diaryl/α,β-unsaturated/α-hetero) is 1. The number of benzene rings is 3. The Labute approximate surface area is 409 Å². The van der Waals surface area contributed by atoms with E-state index in [1.807, 2.05) is 6.07 Å². The molecular weight excluding hydrogens is 961 g/mol. The number of phosphoric acid groups is 1. The van der Waals surface area contributed by atoms with Gasteiger partial charge in [-0.05, 0) is 24.3 Å². The summed E-state index contributed by atoms with van der Waals surface area (Å²) in [5.41, 5.74) is 0.391. The lowest BCUT2D eigenvalue weighted by Crippen LogP contribution is -2.40. The minimum Gasteiger partial charge on any atom is -0.493 e. The first kappa shape index (κ1) is 55.7. The maximum Gasteiger partial charge on any atom is 0.475 e. The summed E-state index contributed by atoms with van der Waals surface area (Å²) < 4.78 is 104. The molecule has 5 atom stereocenters. The molecule has 0 N–H and O–H groups in total. The van der Waals surface area contributed by atoms with E-state index in [2.05, 4.69) is 0 Å². The molecule has 0 amide bonds. The average molecular weight is 1020 g/mol. The van der Waals surface area contributed by atoms with Crippen LogP contribution in [0.5, 0.6) is 40.2 Å². The predicted molar refractivity (Wildman–Crippen MR) is 242 cm³/mol. The largest absolute Gasteiger partial charge is 0.493 e. The summed E-state index contributed by atoms with van der Waals surface area (Å²) in [5, 5.41) is 9.16. The van der Waals surface area contributed by atoms with Crippen molar-refractivity contribution in [3.05, 3.63) is 65.2 Å². The lowest BCUT2D eigenvalue weighted by Gasteiger charge is -2.36. The van der Waals surface area contributed by atoms with Gasteiger partial charge >= 0.3 is 31.7 Å². The Morgan fingerprint density at radius 1 is 0.592 bits per heavy atom. The minimum atomic E-state index is -4.40. The molecule has 3 aromatic carbocycles. The number of hydrogen-bond donors (Lipinski definition) is 0. The van der Waals surface area contributed by atoms with Gasteiger partial charge in [0, 0.05) is 58.1 Å². The highest BCUT2D eigenvalue weighted by Gasteiger charge is 2.45. The summed E-state index contributed by atoms with van der Waals surface area (Å²) in [6, 6.07) is 13.4. The number of ether oxygens (including phenoxy) is 13. The molecule has 0 saturated heterocycles. The molecule has 2 heterocycles. The number of phosphoric ester groups is 1. The Morgan fingerprint density at radius 2 is 1.17 bits per heavy atom. The van der Waals surface area contributed by atoms with Crippen molar-refractivity contribution in [1.82, 2.24) is 0 Å². The van der Waals surface area contributed by atoms with E-state index in [-0.39, 0.29) is 90.8 Å². The van der Waals surface area contributed by atoms with Gasteiger partial charge in [-0.2, -0.15) is 5.26 Å². The number of rotatable bonds is 29. The highest BCUT2D eigenvalue weighted by Crippen LogP contribution is 2.52. The zero-order chi connectivity index (χ0) is 51.3. The van der Waals surface area contributed by atoms with Crippen molar-refractivity contribution < 1.29 is 104 Å². The number of fused-ring (bicyclic) bond motifs is 2. The van der Waals surface area contributed by atoms with Crippen LogP contribution in [0.15, 0.2) is 48.5 Å². The summed E-state index contributed by atoms with van der Waals surface area (Å²) in [5.74, 6) is -3.81. The fourth-order valence-corrected chi connectivity index (χ4v) is 7.97. The van der Waals surface area contributed by atoms with Crippen LogP contribution in [-0.4, -0.2) is 135 Å². The fourth-order valence-electron chi connectivity index (χ4n) is 6.80. The maximum atomic E-state index is 14.2. The number of carbonyl (C=O) groups is 5. The highest BCUT2D eigenvalue weighted by atomic mass is 31.2. The molecular formula is C47H56NO22P. The third kappa shape index (κ3) is 17.0. The summed E-state index contributed by atoms with van der Waals surface area (Å²) in [6.07, 6.45) is -5.31. The van der Waals surface area contributed by atoms with Crippen LogP contribution in [0.3, 0.4) is 0 Å². The van der Waals surface area contributed by atoms with Gasteiger partial charge in [0.1, 0.15) is 22.8 Å². The summed E-state index contributed by atoms with van der Waals surface area (Å²) in [6.45, 7) is 6.52. The van der Waals surface area contributed by atoms with E-state index in [4.69, 9.17) is 80.4 Å². The van der Waals surface area contributed by atoms with Crippen molar-refractivity contribution in [3.63, 3.8) is 0 Å². The molecule has 0 spiro atoms. The van der Waals surface area contributed by atoms with E-state index >= 15 is 0 Å². The first-order valence-electron chi connectivity index (χ1n) is 22.1. The number of ketones is 1. The van der Waals surface area contributed by atoms with E-state index in [1.165, 1.54) is 50.4 Å². The van der Waals surface area contributed by atoms with E-state index in [1.54, 1.807) is 13.2 Å². The molecule has 2 aliphatic heterocycles. The highest BCUT2D eigenvalue weighted by molar-refractivity contribution is 7.48. The van der Waals surface area contributed by atoms with Crippen molar-refractivity contribution >= 4 is 37.5 Å². The van der Waals surface area contributed by atoms with E-state index in [0.29, 0.717) is 45.2 Å². The maximum absolute atomic E-state index is 14.2. The molecule has 3 aromatic rings. The molecule has 0 bridgehead atoms. The zero-order valence-electron chi connectivity index (χ0n) is 40.0. The Bertz CT molecular complexity index is 2400. The van der Waals surface area contributed by atoms with Crippen LogP contribution in [0.25, 0.3) is 0 Å². The van der Waals surface area contributed by atoms with E-state index in [9.17, 15) is 28.5 Å². The smallest absolute Gasteiger partial charge is 0.475 e. The summed E-state index contributed by atoms with van der Waals surface area (Å²) >= 11 is 0. The van der Waals surface area contributed by atoms with Gasteiger partial charge in [-0.1, -0.05) is 12.1 Å². The van der Waals surface area contributed by atoms with Gasteiger partial charge in [0.25, 0.3) is 0 Å². The Morgan fingerprint density at radius 3 is 1.77 bits per heavy atom. The lowest BCUT2D eigenvalue weighted by atomic mass is 9.92. The Hall–Kier alpha value is -6.19. The summed E-state index contributed by atoms with van der Waals surface area (Å²) in [7, 11) is -1.44. The van der Waals surface area contributed by atoms with Crippen LogP contribution >= 0.6 is 7.82 Å². The van der Waals surface area contributed by atoms with Crippen molar-refractivity contribution in [1.29, 1.82) is 5.26 Å². The van der Waals surface area contributed by atoms with Crippen LogP contribution in [-0.2, 0) is 65.7 Å². The van der Waals surface area contributed by atoms with Crippen molar-refractivity contribution in [2.45, 2.75) is 58.5 Å². The molecule has 24 heteroatoms. The SMILES string of the molecule is COCCOCCOCCOCCOCCOP(=O)(OCCC#N)OCC1Oc2ccc([C@H]3Oc4cc(OC(C)=O)cc(OC(C)=O)c4C(=O)[C@@H]3OC(C)=O)cc2OC1c1ccc(OC(C)=O)c(OC)c1. The van der Waals surface area contributed by atoms with Gasteiger partial charge in [0.15, 0.2) is 41.3 Å². The number of nitrogens with zero attached hydrogens (tertiary/aromatic N) is 1. The third-order valence-corrected chi connectivity index (χ3v) is 11.2. The van der Waals surface area contributed by atoms with Gasteiger partial charge in [0.2, 0.25) is 11.9 Å². The topological polar surface area (TPSA) is 274 Å². The number of methoxy groups -OCH3 is 2. The van der Waals surface area contributed by atoms with Crippen LogP contribution in [0, 0.1) is 11.3 Å². The Balaban J connectivity index is 1.36. The predicted octanol–water partition coefficient (Wildman–Crippen LogP) is 5.38. The van der Waals surface area contributed by atoms with Crippen LogP contribution in [0.1, 0.15) is 67.8 Å². The van der Waals surface area contributed by atoms with Gasteiger partial charge < -0.3 is 61.6 Å². The van der Waals surface area contributed by atoms with Crippen LogP contribution in [0.2, 0.25) is 0 Å². The normalized spacial score (nSPS) is 17.7. The molecule has 2 aliphatic rings. The van der Waals surface area contributed by atoms with Crippen LogP contribution in [0.4, 0.5) is 0 Å². The van der Waals surface area contributed by atoms with Crippen molar-refractivity contribution in [3.8, 4) is 46.3 Å². The summed E-state index contributed by atoms with van der Waals surface area (Å²) in [4.78, 5) is 62.5. The third-order valence-electron chi connectivity index (χ3n) is 9.70. The number of carbonyl (C=O) groups excluding carboxylic acids is 5. The van der Waals surface area contributed by atoms with Gasteiger partial charge in [0.05, 0.1) is 98.9 Å². The molecule has 5 rings (SSSR count). The average Bonchev–Trinajstić information content (AvgIpc) is 3.32. The number of nitriles is 1. The second-order valence-electron chi connectivity index (χ2n) is 15.1. The second kappa shape index (κ2) is 28.0. The molecule has 0 radical (unpaired) electrons. The number of esters is 4. The Kier molecular flexibility index (Phi) is 22.0. The fraction of sp³-hybridized carbons (Fsp3) is 0.489. The zero-order valence-corrected chi connectivity index (χ0v) is 40.9. The molecule has 23 nitrogen and oxygen atoms in total. The van der Waals surface area contributed by atoms with Gasteiger partial charge in [-0.25, -0.2) is 4.57 Å². The quantitative estimate of drug-likeness (QED) is 0.0365. The van der Waals surface area contributed by atoms with Gasteiger partial charge in [-0.3, -0.25) is 37.5 Å². The molecule has 0 aromatic heterocycles. The molecule has 0 saturated carbocycles. The monoisotopic (exact) mass is 1020 g/mol.